The molecule has 15 heavy (non-hydrogen) atoms. The molecule has 1 saturated heterocycles. The molecule has 0 aliphatic carbocycles. The van der Waals surface area contributed by atoms with Crippen molar-refractivity contribution in [2.75, 3.05) is 30.8 Å². The fraction of sp³-hybridized carbons (Fsp3) is 0.556. The molecule has 0 bridgehead atoms. The van der Waals surface area contributed by atoms with Crippen LogP contribution in [0.4, 0.5) is 11.5 Å². The van der Waals surface area contributed by atoms with Crippen LogP contribution in [0.5, 0.6) is 0 Å². The minimum absolute atomic E-state index is 0.222. The number of ether oxygens (including phenoxy) is 1. The van der Waals surface area contributed by atoms with Gasteiger partial charge in [-0.1, -0.05) is 0 Å². The molecule has 0 aromatic carbocycles. The molecule has 2 heterocycles. The quantitative estimate of drug-likeness (QED) is 0.764. The Balaban J connectivity index is 2.19. The van der Waals surface area contributed by atoms with Gasteiger partial charge >= 0.3 is 0 Å². The summed E-state index contributed by atoms with van der Waals surface area (Å²) in [5.74, 6) is 0.703. The molecular formula is C9H13ClN4O. The zero-order valence-electron chi connectivity index (χ0n) is 8.48. The molecule has 0 amide bonds. The van der Waals surface area contributed by atoms with Gasteiger partial charge in [-0.25, -0.2) is 4.98 Å². The highest BCUT2D eigenvalue weighted by Crippen LogP contribution is 2.25. The van der Waals surface area contributed by atoms with Gasteiger partial charge in [0.1, 0.15) is 0 Å². The van der Waals surface area contributed by atoms with Gasteiger partial charge in [0.15, 0.2) is 5.82 Å². The van der Waals surface area contributed by atoms with Crippen LogP contribution in [0.3, 0.4) is 0 Å². The maximum absolute atomic E-state index is 5.79. The average Bonchev–Trinajstić information content (AvgIpc) is 2.70. The number of nitrogens with zero attached hydrogens (tertiary/aromatic N) is 3. The fourth-order valence-electron chi connectivity index (χ4n) is 1.73. The maximum atomic E-state index is 5.79. The first kappa shape index (κ1) is 10.4. The summed E-state index contributed by atoms with van der Waals surface area (Å²) in [7, 11) is 1.71. The molecule has 0 radical (unpaired) electrons. The summed E-state index contributed by atoms with van der Waals surface area (Å²) < 4.78 is 5.27. The van der Waals surface area contributed by atoms with Gasteiger partial charge in [-0.15, -0.1) is 0 Å². The van der Waals surface area contributed by atoms with Crippen LogP contribution in [0.25, 0.3) is 0 Å². The van der Waals surface area contributed by atoms with Crippen LogP contribution in [0.15, 0.2) is 6.20 Å². The van der Waals surface area contributed by atoms with Gasteiger partial charge in [-0.3, -0.25) is 0 Å². The van der Waals surface area contributed by atoms with Crippen molar-refractivity contribution in [2.24, 2.45) is 0 Å². The molecule has 0 spiro atoms. The van der Waals surface area contributed by atoms with Crippen molar-refractivity contribution in [1.29, 1.82) is 0 Å². The minimum Gasteiger partial charge on any atom is -0.394 e. The van der Waals surface area contributed by atoms with E-state index in [4.69, 9.17) is 22.1 Å². The van der Waals surface area contributed by atoms with E-state index in [0.717, 1.165) is 19.5 Å². The van der Waals surface area contributed by atoms with Gasteiger partial charge in [0.2, 0.25) is 5.28 Å². The highest BCUT2D eigenvalue weighted by Gasteiger charge is 2.24. The van der Waals surface area contributed by atoms with Crippen molar-refractivity contribution < 1.29 is 4.74 Å². The van der Waals surface area contributed by atoms with Crippen molar-refractivity contribution in [2.45, 2.75) is 12.5 Å². The number of halogens is 1. The molecule has 1 aliphatic rings. The van der Waals surface area contributed by atoms with E-state index in [2.05, 4.69) is 14.9 Å². The Kier molecular flexibility index (Phi) is 2.93. The van der Waals surface area contributed by atoms with Crippen LogP contribution in [0.1, 0.15) is 6.42 Å². The summed E-state index contributed by atoms with van der Waals surface area (Å²) >= 11 is 5.73. The van der Waals surface area contributed by atoms with E-state index in [1.54, 1.807) is 7.11 Å². The van der Waals surface area contributed by atoms with Gasteiger partial charge in [0, 0.05) is 20.2 Å². The van der Waals surface area contributed by atoms with Crippen molar-refractivity contribution in [3.05, 3.63) is 11.5 Å². The van der Waals surface area contributed by atoms with E-state index >= 15 is 0 Å². The van der Waals surface area contributed by atoms with Crippen LogP contribution in [0, 0.1) is 0 Å². The smallest absolute Gasteiger partial charge is 0.224 e. The van der Waals surface area contributed by atoms with Crippen molar-refractivity contribution >= 4 is 23.1 Å². The normalized spacial score (nSPS) is 20.9. The van der Waals surface area contributed by atoms with E-state index in [0.29, 0.717) is 11.5 Å². The number of anilines is 2. The Labute approximate surface area is 93.2 Å². The SMILES string of the molecule is COC1CCN(c2nc(Cl)ncc2N)C1. The largest absolute Gasteiger partial charge is 0.394 e. The van der Waals surface area contributed by atoms with Crippen LogP contribution in [-0.4, -0.2) is 36.3 Å². The lowest BCUT2D eigenvalue weighted by molar-refractivity contribution is 0.121. The topological polar surface area (TPSA) is 64.3 Å². The number of hydrogen-bond acceptors (Lipinski definition) is 5. The molecule has 1 fully saturated rings. The van der Waals surface area contributed by atoms with E-state index in [-0.39, 0.29) is 11.4 Å². The first-order valence-electron chi connectivity index (χ1n) is 4.76. The van der Waals surface area contributed by atoms with E-state index in [9.17, 15) is 0 Å². The molecule has 82 valence electrons. The first-order valence-corrected chi connectivity index (χ1v) is 5.14. The van der Waals surface area contributed by atoms with Crippen molar-refractivity contribution in [1.82, 2.24) is 9.97 Å². The van der Waals surface area contributed by atoms with Gasteiger partial charge < -0.3 is 15.4 Å². The summed E-state index contributed by atoms with van der Waals surface area (Å²) in [4.78, 5) is 10.0. The molecule has 2 N–H and O–H groups in total. The molecule has 1 aliphatic heterocycles. The van der Waals surface area contributed by atoms with Crippen LogP contribution in [0.2, 0.25) is 5.28 Å². The molecule has 5 nitrogen and oxygen atoms in total. The Bertz CT molecular complexity index is 360. The molecule has 1 unspecified atom stereocenters. The Morgan fingerprint density at radius 1 is 1.67 bits per heavy atom. The van der Waals surface area contributed by atoms with Crippen molar-refractivity contribution in [3.63, 3.8) is 0 Å². The van der Waals surface area contributed by atoms with E-state index in [1.807, 2.05) is 0 Å². The minimum atomic E-state index is 0.222. The van der Waals surface area contributed by atoms with Crippen LogP contribution >= 0.6 is 11.6 Å². The van der Waals surface area contributed by atoms with Crippen molar-refractivity contribution in [3.8, 4) is 0 Å². The summed E-state index contributed by atoms with van der Waals surface area (Å²) in [6, 6.07) is 0. The zero-order chi connectivity index (χ0) is 10.8. The second-order valence-electron chi connectivity index (χ2n) is 3.51. The second kappa shape index (κ2) is 4.20. The first-order chi connectivity index (χ1) is 7.20. The third-order valence-corrected chi connectivity index (χ3v) is 2.73. The predicted molar refractivity (Wildman–Crippen MR) is 59.1 cm³/mol. The number of hydrogen-bond donors (Lipinski definition) is 1. The summed E-state index contributed by atoms with van der Waals surface area (Å²) in [6.45, 7) is 1.68. The van der Waals surface area contributed by atoms with E-state index in [1.165, 1.54) is 6.20 Å². The maximum Gasteiger partial charge on any atom is 0.224 e. The molecule has 1 aromatic rings. The molecule has 0 saturated carbocycles. The third-order valence-electron chi connectivity index (χ3n) is 2.54. The van der Waals surface area contributed by atoms with Crippen LogP contribution in [-0.2, 0) is 4.74 Å². The highest BCUT2D eigenvalue weighted by molar-refractivity contribution is 6.28. The van der Waals surface area contributed by atoms with E-state index < -0.39 is 0 Å². The lowest BCUT2D eigenvalue weighted by atomic mass is 10.3. The van der Waals surface area contributed by atoms with Gasteiger partial charge in [-0.05, 0) is 18.0 Å². The summed E-state index contributed by atoms with van der Waals surface area (Å²) in [6.07, 6.45) is 2.76. The van der Waals surface area contributed by atoms with Gasteiger partial charge in [0.05, 0.1) is 18.0 Å². The fourth-order valence-corrected chi connectivity index (χ4v) is 1.86. The zero-order valence-corrected chi connectivity index (χ0v) is 9.24. The number of aromatic nitrogens is 2. The lowest BCUT2D eigenvalue weighted by Crippen LogP contribution is -2.24. The Hall–Kier alpha value is -1.07. The number of methoxy groups -OCH3 is 1. The van der Waals surface area contributed by atoms with Crippen LogP contribution < -0.4 is 10.6 Å². The standard InChI is InChI=1S/C9H13ClN4O/c1-15-6-2-3-14(5-6)8-7(11)4-12-9(10)13-8/h4,6H,2-3,5,11H2,1H3. The lowest BCUT2D eigenvalue weighted by Gasteiger charge is -2.18. The number of nitrogen functional groups attached to an aromatic ring is 1. The predicted octanol–water partition coefficient (Wildman–Crippen LogP) is 0.937. The highest BCUT2D eigenvalue weighted by atomic mass is 35.5. The number of rotatable bonds is 2. The Morgan fingerprint density at radius 2 is 2.47 bits per heavy atom. The van der Waals surface area contributed by atoms with Gasteiger partial charge in [0.25, 0.3) is 0 Å². The number of nitrogens with two attached hydrogens (primary N) is 1. The summed E-state index contributed by atoms with van der Waals surface area (Å²) in [5, 5.41) is 0.222. The molecule has 1 aromatic heterocycles. The second-order valence-corrected chi connectivity index (χ2v) is 3.85. The Morgan fingerprint density at radius 3 is 3.13 bits per heavy atom. The molecule has 6 heteroatoms. The third kappa shape index (κ3) is 2.13. The monoisotopic (exact) mass is 228 g/mol. The molecule has 1 atom stereocenters. The average molecular weight is 229 g/mol. The molecule has 2 rings (SSSR count). The summed E-state index contributed by atoms with van der Waals surface area (Å²) in [5.41, 5.74) is 6.34. The van der Waals surface area contributed by atoms with Gasteiger partial charge in [-0.2, -0.15) is 4.98 Å². The molecular weight excluding hydrogens is 216 g/mol.